The minimum atomic E-state index is -1.08. The van der Waals surface area contributed by atoms with Gasteiger partial charge in [0.1, 0.15) is 0 Å². The molecule has 24 heavy (non-hydrogen) atoms. The quantitative estimate of drug-likeness (QED) is 0.524. The second kappa shape index (κ2) is 8.58. The second-order valence-corrected chi connectivity index (χ2v) is 6.88. The summed E-state index contributed by atoms with van der Waals surface area (Å²) in [5, 5.41) is 0. The highest BCUT2D eigenvalue weighted by Crippen LogP contribution is 2.41. The molecule has 1 aliphatic carbocycles. The van der Waals surface area contributed by atoms with E-state index in [9.17, 15) is 9.59 Å². The molecule has 136 valence electrons. The monoisotopic (exact) mass is 338 g/mol. The zero-order valence-electron chi connectivity index (χ0n) is 15.9. The highest BCUT2D eigenvalue weighted by atomic mass is 16.7. The van der Waals surface area contributed by atoms with Crippen LogP contribution in [0.5, 0.6) is 0 Å². The molecule has 1 aliphatic rings. The van der Waals surface area contributed by atoms with Gasteiger partial charge in [-0.3, -0.25) is 4.79 Å². The van der Waals surface area contributed by atoms with E-state index in [1.807, 2.05) is 19.9 Å². The molecule has 0 heterocycles. The average Bonchev–Trinajstić information content (AvgIpc) is 2.48. The Hall–Kier alpha value is -1.46. The van der Waals surface area contributed by atoms with E-state index in [0.29, 0.717) is 25.2 Å². The third kappa shape index (κ3) is 5.02. The molecule has 0 amide bonds. The van der Waals surface area contributed by atoms with Crippen molar-refractivity contribution in [3.05, 3.63) is 22.8 Å². The van der Waals surface area contributed by atoms with Gasteiger partial charge in [0.2, 0.25) is 0 Å². The molecule has 0 aliphatic heterocycles. The molecule has 1 unspecified atom stereocenters. The van der Waals surface area contributed by atoms with Gasteiger partial charge in [0, 0.05) is 19.6 Å². The Balaban J connectivity index is 3.00. The largest absolute Gasteiger partial charge is 0.450 e. The molecule has 0 aromatic rings. The SMILES string of the molecule is CCOC(OCC)C(=O)OC1CC(C)(C)C(C=C(C)C)=C(C)C1=O. The summed E-state index contributed by atoms with van der Waals surface area (Å²) in [5.41, 5.74) is 2.53. The van der Waals surface area contributed by atoms with Gasteiger partial charge in [-0.2, -0.15) is 0 Å². The van der Waals surface area contributed by atoms with Gasteiger partial charge in [-0.25, -0.2) is 4.79 Å². The number of carbonyl (C=O) groups excluding carboxylic acids is 2. The Morgan fingerprint density at radius 3 is 2.25 bits per heavy atom. The number of Topliss-reactive ketones (excluding diaryl/α,β-unsaturated/α-hetero) is 1. The summed E-state index contributed by atoms with van der Waals surface area (Å²) < 4.78 is 15.9. The minimum Gasteiger partial charge on any atom is -0.450 e. The lowest BCUT2D eigenvalue weighted by atomic mass is 9.70. The van der Waals surface area contributed by atoms with Crippen LogP contribution in [0.3, 0.4) is 0 Å². The first-order valence-electron chi connectivity index (χ1n) is 8.48. The molecule has 0 fully saturated rings. The summed E-state index contributed by atoms with van der Waals surface area (Å²) in [7, 11) is 0. The van der Waals surface area contributed by atoms with Gasteiger partial charge < -0.3 is 14.2 Å². The van der Waals surface area contributed by atoms with Gasteiger partial charge in [0.25, 0.3) is 6.29 Å². The van der Waals surface area contributed by atoms with Crippen LogP contribution in [0.25, 0.3) is 0 Å². The van der Waals surface area contributed by atoms with Crippen molar-refractivity contribution in [1.29, 1.82) is 0 Å². The third-order valence-corrected chi connectivity index (χ3v) is 4.01. The van der Waals surface area contributed by atoms with Crippen LogP contribution in [0.2, 0.25) is 0 Å². The van der Waals surface area contributed by atoms with Gasteiger partial charge >= 0.3 is 5.97 Å². The maximum Gasteiger partial charge on any atom is 0.364 e. The van der Waals surface area contributed by atoms with Crippen LogP contribution in [-0.4, -0.2) is 37.4 Å². The van der Waals surface area contributed by atoms with Crippen LogP contribution in [-0.2, 0) is 23.8 Å². The number of rotatable bonds is 7. The molecule has 0 radical (unpaired) electrons. The highest BCUT2D eigenvalue weighted by Gasteiger charge is 2.41. The predicted octanol–water partition coefficient (Wildman–Crippen LogP) is 3.58. The van der Waals surface area contributed by atoms with Gasteiger partial charge in [0.15, 0.2) is 11.9 Å². The summed E-state index contributed by atoms with van der Waals surface area (Å²) in [6.45, 7) is 14.1. The van der Waals surface area contributed by atoms with E-state index in [-0.39, 0.29) is 11.2 Å². The molecule has 0 bridgehead atoms. The van der Waals surface area contributed by atoms with Crippen molar-refractivity contribution in [2.24, 2.45) is 5.41 Å². The zero-order chi connectivity index (χ0) is 18.5. The summed E-state index contributed by atoms with van der Waals surface area (Å²) in [6, 6.07) is 0. The minimum absolute atomic E-state index is 0.151. The summed E-state index contributed by atoms with van der Waals surface area (Å²) >= 11 is 0. The van der Waals surface area contributed by atoms with E-state index < -0.39 is 18.4 Å². The normalized spacial score (nSPS) is 20.3. The maximum atomic E-state index is 12.6. The summed E-state index contributed by atoms with van der Waals surface area (Å²) in [5.74, 6) is -0.798. The Kier molecular flexibility index (Phi) is 7.36. The number of allylic oxidation sites excluding steroid dienone is 3. The van der Waals surface area contributed by atoms with Crippen LogP contribution >= 0.6 is 0 Å². The van der Waals surface area contributed by atoms with E-state index in [2.05, 4.69) is 13.8 Å². The summed E-state index contributed by atoms with van der Waals surface area (Å²) in [6.07, 6.45) is 0.595. The van der Waals surface area contributed by atoms with E-state index in [0.717, 1.165) is 11.1 Å². The van der Waals surface area contributed by atoms with Crippen LogP contribution < -0.4 is 0 Å². The molecule has 0 saturated heterocycles. The molecule has 0 aromatic carbocycles. The molecule has 5 nitrogen and oxygen atoms in total. The average molecular weight is 338 g/mol. The number of esters is 1. The number of ketones is 1. The van der Waals surface area contributed by atoms with Crippen LogP contribution in [0.15, 0.2) is 22.8 Å². The maximum absolute atomic E-state index is 12.6. The highest BCUT2D eigenvalue weighted by molar-refractivity contribution is 6.01. The number of hydrogen-bond acceptors (Lipinski definition) is 5. The van der Waals surface area contributed by atoms with Crippen molar-refractivity contribution in [2.45, 2.75) is 67.3 Å². The number of ether oxygens (including phenoxy) is 3. The van der Waals surface area contributed by atoms with E-state index in [1.54, 1.807) is 20.8 Å². The Morgan fingerprint density at radius 1 is 1.25 bits per heavy atom. The van der Waals surface area contributed by atoms with E-state index >= 15 is 0 Å². The standard InChI is InChI=1S/C19H30O5/c1-8-22-18(23-9-2)17(21)24-15-11-19(6,7)14(10-12(3)4)13(5)16(15)20/h10,15,18H,8-9,11H2,1-7H3. The lowest BCUT2D eigenvalue weighted by molar-refractivity contribution is -0.199. The fourth-order valence-corrected chi connectivity index (χ4v) is 2.92. The second-order valence-electron chi connectivity index (χ2n) is 6.88. The van der Waals surface area contributed by atoms with Gasteiger partial charge in [-0.05, 0) is 51.2 Å². The van der Waals surface area contributed by atoms with Crippen molar-refractivity contribution in [3.8, 4) is 0 Å². The Labute approximate surface area is 145 Å². The molecule has 0 aromatic heterocycles. The van der Waals surface area contributed by atoms with Gasteiger partial charge in [-0.15, -0.1) is 0 Å². The van der Waals surface area contributed by atoms with Crippen molar-refractivity contribution >= 4 is 11.8 Å². The van der Waals surface area contributed by atoms with E-state index in [1.165, 1.54) is 0 Å². The molecule has 0 spiro atoms. The molecule has 0 N–H and O–H groups in total. The Morgan fingerprint density at radius 2 is 1.79 bits per heavy atom. The van der Waals surface area contributed by atoms with Crippen molar-refractivity contribution in [2.75, 3.05) is 13.2 Å². The lowest BCUT2D eigenvalue weighted by Gasteiger charge is -2.36. The molecule has 1 atom stereocenters. The summed E-state index contributed by atoms with van der Waals surface area (Å²) in [4.78, 5) is 24.9. The topological polar surface area (TPSA) is 61.8 Å². The number of hydrogen-bond donors (Lipinski definition) is 0. The lowest BCUT2D eigenvalue weighted by Crippen LogP contribution is -2.42. The third-order valence-electron chi connectivity index (χ3n) is 4.01. The smallest absolute Gasteiger partial charge is 0.364 e. The molecular formula is C19H30O5. The van der Waals surface area contributed by atoms with E-state index in [4.69, 9.17) is 14.2 Å². The number of carbonyl (C=O) groups is 2. The van der Waals surface area contributed by atoms with Crippen LogP contribution in [0, 0.1) is 5.41 Å². The first-order valence-corrected chi connectivity index (χ1v) is 8.48. The first kappa shape index (κ1) is 20.6. The van der Waals surface area contributed by atoms with Gasteiger partial charge in [-0.1, -0.05) is 25.5 Å². The Bertz CT molecular complexity index is 532. The molecule has 0 saturated carbocycles. The van der Waals surface area contributed by atoms with Crippen LogP contribution in [0.4, 0.5) is 0 Å². The van der Waals surface area contributed by atoms with Crippen molar-refractivity contribution in [3.63, 3.8) is 0 Å². The first-order chi connectivity index (χ1) is 11.1. The van der Waals surface area contributed by atoms with Crippen molar-refractivity contribution < 1.29 is 23.8 Å². The zero-order valence-corrected chi connectivity index (χ0v) is 15.9. The predicted molar refractivity (Wildman–Crippen MR) is 92.5 cm³/mol. The fraction of sp³-hybridized carbons (Fsp3) is 0.684. The van der Waals surface area contributed by atoms with Crippen molar-refractivity contribution in [1.82, 2.24) is 0 Å². The molecule has 1 rings (SSSR count). The molecule has 5 heteroatoms. The fourth-order valence-electron chi connectivity index (χ4n) is 2.92. The van der Waals surface area contributed by atoms with Crippen LogP contribution in [0.1, 0.15) is 54.9 Å². The molecular weight excluding hydrogens is 308 g/mol. The van der Waals surface area contributed by atoms with Gasteiger partial charge in [0.05, 0.1) is 0 Å².